The summed E-state index contributed by atoms with van der Waals surface area (Å²) in [6, 6.07) is 5.34. The zero-order valence-corrected chi connectivity index (χ0v) is 11.4. The number of carbonyl (C=O) groups excluding carboxylic acids is 2. The lowest BCUT2D eigenvalue weighted by atomic mass is 10.2. The molecule has 0 radical (unpaired) electrons. The monoisotopic (exact) mass is 276 g/mol. The maximum absolute atomic E-state index is 11.2. The summed E-state index contributed by atoms with van der Waals surface area (Å²) in [5, 5.41) is 2.71. The fourth-order valence-electron chi connectivity index (χ4n) is 1.89. The zero-order valence-electron chi connectivity index (χ0n) is 11.4. The smallest absolute Gasteiger partial charge is 0.307 e. The van der Waals surface area contributed by atoms with Crippen molar-refractivity contribution in [2.75, 3.05) is 23.9 Å². The van der Waals surface area contributed by atoms with E-state index in [4.69, 9.17) is 4.74 Å². The molecule has 6 heteroatoms. The van der Waals surface area contributed by atoms with E-state index in [1.807, 2.05) is 4.90 Å². The molecule has 1 heterocycles. The van der Waals surface area contributed by atoms with Crippen molar-refractivity contribution >= 4 is 23.3 Å². The molecule has 1 N–H and O–H groups in total. The van der Waals surface area contributed by atoms with Crippen molar-refractivity contribution in [3.63, 3.8) is 0 Å². The summed E-state index contributed by atoms with van der Waals surface area (Å²) in [5.74, 6) is 0.259. The van der Waals surface area contributed by atoms with Crippen molar-refractivity contribution in [3.05, 3.63) is 30.7 Å². The Kier molecular flexibility index (Phi) is 4.24. The van der Waals surface area contributed by atoms with Gasteiger partial charge in [-0.15, -0.1) is 0 Å². The van der Waals surface area contributed by atoms with Gasteiger partial charge in [-0.3, -0.25) is 9.59 Å². The highest BCUT2D eigenvalue weighted by molar-refractivity contribution is 5.89. The fourth-order valence-corrected chi connectivity index (χ4v) is 1.89. The van der Waals surface area contributed by atoms with Gasteiger partial charge in [-0.25, -0.2) is 0 Å². The first-order chi connectivity index (χ1) is 9.60. The van der Waals surface area contributed by atoms with Crippen molar-refractivity contribution < 1.29 is 19.1 Å². The molecule has 20 heavy (non-hydrogen) atoms. The molecular formula is C14H16N2O4. The Hall–Kier alpha value is -2.50. The standard InChI is InChI=1S/C14H16N2O4/c1-10(17)15-11-3-4-13-12(9-11)16(7-8-20-13)6-5-14(18)19-2/h3-4,7-9H,5-6H2,1-2H3,(H,15,17). The van der Waals surface area contributed by atoms with E-state index in [2.05, 4.69) is 10.1 Å². The average molecular weight is 276 g/mol. The normalized spacial score (nSPS) is 12.4. The van der Waals surface area contributed by atoms with Crippen LogP contribution in [0.2, 0.25) is 0 Å². The van der Waals surface area contributed by atoms with Gasteiger partial charge in [0.1, 0.15) is 12.0 Å². The first-order valence-electron chi connectivity index (χ1n) is 6.18. The summed E-state index contributed by atoms with van der Waals surface area (Å²) in [7, 11) is 1.36. The summed E-state index contributed by atoms with van der Waals surface area (Å²) in [4.78, 5) is 24.2. The number of hydrogen-bond acceptors (Lipinski definition) is 5. The molecule has 0 saturated carbocycles. The third kappa shape index (κ3) is 3.28. The van der Waals surface area contributed by atoms with Crippen molar-refractivity contribution in [2.24, 2.45) is 0 Å². The number of nitrogens with zero attached hydrogens (tertiary/aromatic N) is 1. The van der Waals surface area contributed by atoms with Gasteiger partial charge in [0, 0.05) is 25.4 Å². The maximum Gasteiger partial charge on any atom is 0.307 e. The van der Waals surface area contributed by atoms with Gasteiger partial charge in [0.05, 0.1) is 19.2 Å². The highest BCUT2D eigenvalue weighted by Crippen LogP contribution is 2.34. The summed E-state index contributed by atoms with van der Waals surface area (Å²) >= 11 is 0. The molecule has 0 saturated heterocycles. The Balaban J connectivity index is 2.17. The average Bonchev–Trinajstić information content (AvgIpc) is 2.44. The molecule has 0 unspecified atom stereocenters. The van der Waals surface area contributed by atoms with Crippen LogP contribution in [-0.4, -0.2) is 25.5 Å². The number of esters is 1. The number of hydrogen-bond donors (Lipinski definition) is 1. The van der Waals surface area contributed by atoms with Crippen LogP contribution in [0.3, 0.4) is 0 Å². The van der Waals surface area contributed by atoms with E-state index in [9.17, 15) is 9.59 Å². The molecule has 1 aromatic rings. The van der Waals surface area contributed by atoms with Crippen LogP contribution in [0.5, 0.6) is 5.75 Å². The summed E-state index contributed by atoms with van der Waals surface area (Å²) in [6.07, 6.45) is 3.56. The number of anilines is 2. The molecule has 1 aliphatic heterocycles. The van der Waals surface area contributed by atoms with Gasteiger partial charge in [0.2, 0.25) is 5.91 Å². The van der Waals surface area contributed by atoms with Crippen LogP contribution in [0, 0.1) is 0 Å². The van der Waals surface area contributed by atoms with Gasteiger partial charge in [-0.05, 0) is 18.2 Å². The molecule has 6 nitrogen and oxygen atoms in total. The Morgan fingerprint density at radius 1 is 1.40 bits per heavy atom. The molecule has 0 aliphatic carbocycles. The third-order valence-corrected chi connectivity index (χ3v) is 2.81. The highest BCUT2D eigenvalue weighted by atomic mass is 16.5. The van der Waals surface area contributed by atoms with E-state index in [1.54, 1.807) is 30.7 Å². The molecular weight excluding hydrogens is 260 g/mol. The molecule has 1 aromatic carbocycles. The highest BCUT2D eigenvalue weighted by Gasteiger charge is 2.16. The topological polar surface area (TPSA) is 67.9 Å². The lowest BCUT2D eigenvalue weighted by Crippen LogP contribution is -2.23. The molecule has 0 spiro atoms. The second-order valence-corrected chi connectivity index (χ2v) is 4.29. The fraction of sp³-hybridized carbons (Fsp3) is 0.286. The van der Waals surface area contributed by atoms with Gasteiger partial charge in [-0.2, -0.15) is 0 Å². The molecule has 0 fully saturated rings. The number of nitrogens with one attached hydrogen (secondary N) is 1. The van der Waals surface area contributed by atoms with Gasteiger partial charge in [0.15, 0.2) is 0 Å². The molecule has 1 amide bonds. The van der Waals surface area contributed by atoms with Crippen LogP contribution < -0.4 is 15.0 Å². The van der Waals surface area contributed by atoms with Gasteiger partial charge >= 0.3 is 5.97 Å². The van der Waals surface area contributed by atoms with Gasteiger partial charge in [-0.1, -0.05) is 0 Å². The minimum atomic E-state index is -0.274. The summed E-state index contributed by atoms with van der Waals surface area (Å²) < 4.78 is 10.0. The largest absolute Gasteiger partial charge is 0.469 e. The summed E-state index contributed by atoms with van der Waals surface area (Å²) in [5.41, 5.74) is 1.47. The van der Waals surface area contributed by atoms with E-state index in [-0.39, 0.29) is 18.3 Å². The maximum atomic E-state index is 11.2. The number of amides is 1. The van der Waals surface area contributed by atoms with Crippen LogP contribution in [0.4, 0.5) is 11.4 Å². The first kappa shape index (κ1) is 13.9. The molecule has 0 aromatic heterocycles. The van der Waals surface area contributed by atoms with Crippen LogP contribution in [0.25, 0.3) is 0 Å². The lowest BCUT2D eigenvalue weighted by Gasteiger charge is -2.26. The Morgan fingerprint density at radius 2 is 2.20 bits per heavy atom. The van der Waals surface area contributed by atoms with Crippen molar-refractivity contribution in [3.8, 4) is 5.75 Å². The third-order valence-electron chi connectivity index (χ3n) is 2.81. The number of rotatable bonds is 4. The second-order valence-electron chi connectivity index (χ2n) is 4.29. The number of fused-ring (bicyclic) bond motifs is 1. The lowest BCUT2D eigenvalue weighted by molar-refractivity contribution is -0.140. The van der Waals surface area contributed by atoms with Gasteiger partial charge in [0.25, 0.3) is 0 Å². The van der Waals surface area contributed by atoms with Crippen LogP contribution in [-0.2, 0) is 14.3 Å². The predicted octanol–water partition coefficient (Wildman–Crippen LogP) is 1.88. The number of ether oxygens (including phenoxy) is 2. The molecule has 2 rings (SSSR count). The molecule has 0 atom stereocenters. The Labute approximate surface area is 117 Å². The van der Waals surface area contributed by atoms with Crippen molar-refractivity contribution in [1.29, 1.82) is 0 Å². The van der Waals surface area contributed by atoms with Crippen molar-refractivity contribution in [2.45, 2.75) is 13.3 Å². The zero-order chi connectivity index (χ0) is 14.5. The quantitative estimate of drug-likeness (QED) is 0.850. The van der Waals surface area contributed by atoms with Gasteiger partial charge < -0.3 is 19.7 Å². The number of methoxy groups -OCH3 is 1. The second kappa shape index (κ2) is 6.10. The van der Waals surface area contributed by atoms with Crippen LogP contribution in [0.15, 0.2) is 30.7 Å². The molecule has 0 bridgehead atoms. The minimum Gasteiger partial charge on any atom is -0.469 e. The number of carbonyl (C=O) groups is 2. The van der Waals surface area contributed by atoms with Crippen LogP contribution >= 0.6 is 0 Å². The van der Waals surface area contributed by atoms with E-state index >= 15 is 0 Å². The SMILES string of the molecule is COC(=O)CCN1C=COc2ccc(NC(C)=O)cc21. The van der Waals surface area contributed by atoms with E-state index < -0.39 is 0 Å². The summed E-state index contributed by atoms with van der Waals surface area (Å²) in [6.45, 7) is 1.92. The van der Waals surface area contributed by atoms with Crippen molar-refractivity contribution in [1.82, 2.24) is 0 Å². The predicted molar refractivity (Wildman–Crippen MR) is 74.5 cm³/mol. The number of benzene rings is 1. The van der Waals surface area contributed by atoms with E-state index in [1.165, 1.54) is 14.0 Å². The Bertz CT molecular complexity index is 554. The van der Waals surface area contributed by atoms with E-state index in [0.29, 0.717) is 18.0 Å². The van der Waals surface area contributed by atoms with Crippen LogP contribution in [0.1, 0.15) is 13.3 Å². The molecule has 1 aliphatic rings. The first-order valence-corrected chi connectivity index (χ1v) is 6.18. The minimum absolute atomic E-state index is 0.140. The Morgan fingerprint density at radius 3 is 2.90 bits per heavy atom. The molecule has 106 valence electrons. The van der Waals surface area contributed by atoms with E-state index in [0.717, 1.165) is 5.69 Å².